The molecule has 0 aliphatic carbocycles. The summed E-state index contributed by atoms with van der Waals surface area (Å²) in [5.41, 5.74) is 1.67. The minimum absolute atomic E-state index is 0.246. The standard InChI is InChI=1S/C12H12ClNO3/c1-6-10-8(13)4-7(17-3)5-9(10)14(2)11(6)12(15)16/h4-5H,1-3H3,(H,15,16). The van der Waals surface area contributed by atoms with Gasteiger partial charge >= 0.3 is 5.97 Å². The Labute approximate surface area is 103 Å². The number of carboxylic acid groups (broad SMARTS) is 1. The van der Waals surface area contributed by atoms with E-state index >= 15 is 0 Å². The van der Waals surface area contributed by atoms with E-state index in [-0.39, 0.29) is 5.69 Å². The highest BCUT2D eigenvalue weighted by Gasteiger charge is 2.19. The van der Waals surface area contributed by atoms with Gasteiger partial charge < -0.3 is 14.4 Å². The van der Waals surface area contributed by atoms with E-state index in [2.05, 4.69) is 0 Å². The predicted octanol–water partition coefficient (Wildman–Crippen LogP) is 2.85. The fourth-order valence-electron chi connectivity index (χ4n) is 2.12. The third-order valence-corrected chi connectivity index (χ3v) is 3.21. The van der Waals surface area contributed by atoms with Crippen molar-refractivity contribution in [3.63, 3.8) is 0 Å². The van der Waals surface area contributed by atoms with Crippen LogP contribution in [-0.4, -0.2) is 22.8 Å². The zero-order valence-electron chi connectivity index (χ0n) is 9.74. The van der Waals surface area contributed by atoms with Crippen LogP contribution >= 0.6 is 11.6 Å². The summed E-state index contributed by atoms with van der Waals surface area (Å²) in [6.07, 6.45) is 0. The van der Waals surface area contributed by atoms with E-state index in [4.69, 9.17) is 21.4 Å². The number of fused-ring (bicyclic) bond motifs is 1. The molecule has 0 atom stereocenters. The molecule has 0 bridgehead atoms. The predicted molar refractivity (Wildman–Crippen MR) is 66.2 cm³/mol. The van der Waals surface area contributed by atoms with Gasteiger partial charge in [0.15, 0.2) is 0 Å². The molecule has 0 fully saturated rings. The summed E-state index contributed by atoms with van der Waals surface area (Å²) in [7, 11) is 3.25. The molecule has 1 aromatic carbocycles. The molecule has 2 aromatic rings. The molecule has 1 N–H and O–H groups in total. The zero-order chi connectivity index (χ0) is 12.7. The second-order valence-electron chi connectivity index (χ2n) is 3.84. The lowest BCUT2D eigenvalue weighted by Crippen LogP contribution is -2.05. The van der Waals surface area contributed by atoms with Gasteiger partial charge in [0.2, 0.25) is 0 Å². The smallest absolute Gasteiger partial charge is 0.352 e. The van der Waals surface area contributed by atoms with E-state index in [9.17, 15) is 4.79 Å². The minimum atomic E-state index is -0.962. The molecule has 0 spiro atoms. The number of hydrogen-bond donors (Lipinski definition) is 1. The van der Waals surface area contributed by atoms with Gasteiger partial charge in [0.25, 0.3) is 0 Å². The highest BCUT2D eigenvalue weighted by molar-refractivity contribution is 6.36. The van der Waals surface area contributed by atoms with Crippen LogP contribution in [0.2, 0.25) is 5.02 Å². The Morgan fingerprint density at radius 1 is 1.47 bits per heavy atom. The first-order valence-corrected chi connectivity index (χ1v) is 5.41. The van der Waals surface area contributed by atoms with Crippen LogP contribution in [0.3, 0.4) is 0 Å². The van der Waals surface area contributed by atoms with Crippen molar-refractivity contribution >= 4 is 28.5 Å². The lowest BCUT2D eigenvalue weighted by molar-refractivity contribution is 0.0686. The number of nitrogens with zero attached hydrogens (tertiary/aromatic N) is 1. The van der Waals surface area contributed by atoms with E-state index in [0.717, 1.165) is 10.9 Å². The first-order chi connectivity index (χ1) is 7.97. The number of carbonyl (C=O) groups is 1. The number of halogens is 1. The Balaban J connectivity index is 2.92. The molecular formula is C12H12ClNO3. The molecular weight excluding hydrogens is 242 g/mol. The first-order valence-electron chi connectivity index (χ1n) is 5.03. The molecule has 4 nitrogen and oxygen atoms in total. The van der Waals surface area contributed by atoms with Crippen molar-refractivity contribution < 1.29 is 14.6 Å². The van der Waals surface area contributed by atoms with Crippen molar-refractivity contribution in [2.24, 2.45) is 7.05 Å². The maximum Gasteiger partial charge on any atom is 0.352 e. The molecule has 1 aromatic heterocycles. The third kappa shape index (κ3) is 1.65. The van der Waals surface area contributed by atoms with Gasteiger partial charge in [-0.15, -0.1) is 0 Å². The highest BCUT2D eigenvalue weighted by Crippen LogP contribution is 2.34. The molecule has 0 amide bonds. The first kappa shape index (κ1) is 11.8. The number of ether oxygens (including phenoxy) is 1. The molecule has 90 valence electrons. The van der Waals surface area contributed by atoms with Gasteiger partial charge in [-0.05, 0) is 18.6 Å². The summed E-state index contributed by atoms with van der Waals surface area (Å²) >= 11 is 6.15. The average Bonchev–Trinajstić information content (AvgIpc) is 2.51. The third-order valence-electron chi connectivity index (χ3n) is 2.91. The fraction of sp³-hybridized carbons (Fsp3) is 0.250. The molecule has 0 aliphatic heterocycles. The van der Waals surface area contributed by atoms with Crippen molar-refractivity contribution in [3.8, 4) is 5.75 Å². The van der Waals surface area contributed by atoms with E-state index in [0.29, 0.717) is 16.3 Å². The molecule has 5 heteroatoms. The Kier molecular flexibility index (Phi) is 2.75. The minimum Gasteiger partial charge on any atom is -0.497 e. The maximum atomic E-state index is 11.2. The Morgan fingerprint density at radius 2 is 2.12 bits per heavy atom. The van der Waals surface area contributed by atoms with Crippen LogP contribution < -0.4 is 4.74 Å². The van der Waals surface area contributed by atoms with Gasteiger partial charge in [0, 0.05) is 18.5 Å². The van der Waals surface area contributed by atoms with Crippen LogP contribution in [0, 0.1) is 6.92 Å². The fourth-order valence-corrected chi connectivity index (χ4v) is 2.46. The van der Waals surface area contributed by atoms with Crippen LogP contribution in [-0.2, 0) is 7.05 Å². The molecule has 0 saturated carbocycles. The highest BCUT2D eigenvalue weighted by atomic mass is 35.5. The van der Waals surface area contributed by atoms with E-state index < -0.39 is 5.97 Å². The molecule has 0 radical (unpaired) electrons. The molecule has 17 heavy (non-hydrogen) atoms. The summed E-state index contributed by atoms with van der Waals surface area (Å²) in [5.74, 6) is -0.351. The lowest BCUT2D eigenvalue weighted by atomic mass is 10.1. The number of aromatic nitrogens is 1. The second-order valence-corrected chi connectivity index (χ2v) is 4.25. The molecule has 0 saturated heterocycles. The molecule has 1 heterocycles. The normalized spacial score (nSPS) is 10.8. The van der Waals surface area contributed by atoms with Crippen LogP contribution in [0.1, 0.15) is 16.1 Å². The van der Waals surface area contributed by atoms with Crippen LogP contribution in [0.15, 0.2) is 12.1 Å². The number of aromatic carboxylic acids is 1. The van der Waals surface area contributed by atoms with E-state index in [1.165, 1.54) is 0 Å². The summed E-state index contributed by atoms with van der Waals surface area (Å²) in [6, 6.07) is 3.46. The Hall–Kier alpha value is -1.68. The van der Waals surface area contributed by atoms with Gasteiger partial charge in [-0.2, -0.15) is 0 Å². The van der Waals surface area contributed by atoms with Gasteiger partial charge in [0.1, 0.15) is 11.4 Å². The Bertz CT molecular complexity index is 616. The maximum absolute atomic E-state index is 11.2. The largest absolute Gasteiger partial charge is 0.497 e. The van der Waals surface area contributed by atoms with Gasteiger partial charge in [0.05, 0.1) is 17.6 Å². The van der Waals surface area contributed by atoms with Crippen LogP contribution in [0.4, 0.5) is 0 Å². The monoisotopic (exact) mass is 253 g/mol. The van der Waals surface area contributed by atoms with Gasteiger partial charge in [-0.25, -0.2) is 4.79 Å². The summed E-state index contributed by atoms with van der Waals surface area (Å²) in [5, 5.41) is 10.4. The quantitative estimate of drug-likeness (QED) is 0.895. The van der Waals surface area contributed by atoms with Gasteiger partial charge in [-0.3, -0.25) is 0 Å². The van der Waals surface area contributed by atoms with Crippen molar-refractivity contribution in [1.29, 1.82) is 0 Å². The number of methoxy groups -OCH3 is 1. The number of carboxylic acids is 1. The number of benzene rings is 1. The molecule has 0 unspecified atom stereocenters. The Morgan fingerprint density at radius 3 is 2.65 bits per heavy atom. The van der Waals surface area contributed by atoms with E-state index in [1.54, 1.807) is 37.8 Å². The molecule has 2 rings (SSSR count). The van der Waals surface area contributed by atoms with Crippen LogP contribution in [0.25, 0.3) is 10.9 Å². The van der Waals surface area contributed by atoms with E-state index in [1.807, 2.05) is 0 Å². The van der Waals surface area contributed by atoms with Gasteiger partial charge in [-0.1, -0.05) is 11.6 Å². The molecule has 0 aliphatic rings. The van der Waals surface area contributed by atoms with Crippen LogP contribution in [0.5, 0.6) is 5.75 Å². The van der Waals surface area contributed by atoms with Crippen molar-refractivity contribution in [3.05, 3.63) is 28.4 Å². The zero-order valence-corrected chi connectivity index (χ0v) is 10.5. The SMILES string of the molecule is COc1cc(Cl)c2c(C)c(C(=O)O)n(C)c2c1. The summed E-state index contributed by atoms with van der Waals surface area (Å²) < 4.78 is 6.74. The number of hydrogen-bond acceptors (Lipinski definition) is 2. The number of aryl methyl sites for hydroxylation is 2. The van der Waals surface area contributed by atoms with Crippen molar-refractivity contribution in [1.82, 2.24) is 4.57 Å². The summed E-state index contributed by atoms with van der Waals surface area (Å²) in [6.45, 7) is 1.75. The summed E-state index contributed by atoms with van der Waals surface area (Å²) in [4.78, 5) is 11.2. The topological polar surface area (TPSA) is 51.5 Å². The van der Waals surface area contributed by atoms with Crippen molar-refractivity contribution in [2.45, 2.75) is 6.92 Å². The van der Waals surface area contributed by atoms with Crippen molar-refractivity contribution in [2.75, 3.05) is 7.11 Å². The average molecular weight is 254 g/mol. The second kappa shape index (κ2) is 3.96. The number of rotatable bonds is 2. The lowest BCUT2D eigenvalue weighted by Gasteiger charge is -2.03.